The van der Waals surface area contributed by atoms with Crippen LogP contribution in [-0.4, -0.2) is 24.2 Å². The predicted octanol–water partition coefficient (Wildman–Crippen LogP) is 1.74. The molecule has 1 amide bonds. The summed E-state index contributed by atoms with van der Waals surface area (Å²) < 4.78 is 0. The van der Waals surface area contributed by atoms with E-state index in [0.717, 1.165) is 18.6 Å². The number of hydrogen-bond donors (Lipinski definition) is 1. The number of rotatable bonds is 1. The van der Waals surface area contributed by atoms with Crippen molar-refractivity contribution in [3.63, 3.8) is 0 Å². The molecule has 2 rings (SSSR count). The molecule has 0 aliphatic heterocycles. The van der Waals surface area contributed by atoms with E-state index in [1.165, 1.54) is 13.5 Å². The highest BCUT2D eigenvalue weighted by Crippen LogP contribution is 2.45. The molecule has 3 unspecified atom stereocenters. The first kappa shape index (κ1) is 9.77. The van der Waals surface area contributed by atoms with Gasteiger partial charge in [-0.1, -0.05) is 5.16 Å². The van der Waals surface area contributed by atoms with Gasteiger partial charge in [0.25, 0.3) is 0 Å². The zero-order valence-electron chi connectivity index (χ0n) is 8.00. The third kappa shape index (κ3) is 1.59. The third-order valence-corrected chi connectivity index (χ3v) is 3.61. The zero-order valence-corrected chi connectivity index (χ0v) is 8.75. The lowest BCUT2D eigenvalue weighted by Crippen LogP contribution is -2.25. The van der Waals surface area contributed by atoms with Crippen LogP contribution in [0, 0.1) is 11.8 Å². The first-order valence-electron chi connectivity index (χ1n) is 4.83. The van der Waals surface area contributed by atoms with Gasteiger partial charge < -0.3 is 5.32 Å². The standard InChI is InChI=1S/C9H13ClN2O2/c1-11-9(13)14-12-8-6-3-2-5(4-6)7(8)10/h5-7H,2-4H2,1H3,(H,11,13)/b12-8+. The fourth-order valence-corrected chi connectivity index (χ4v) is 2.73. The molecular formula is C9H13ClN2O2. The number of carbonyl (C=O) groups excluding carboxylic acids is 1. The van der Waals surface area contributed by atoms with Gasteiger partial charge >= 0.3 is 6.09 Å². The minimum Gasteiger partial charge on any atom is -0.323 e. The molecule has 5 heteroatoms. The van der Waals surface area contributed by atoms with Gasteiger partial charge in [-0.3, -0.25) is 4.84 Å². The lowest BCUT2D eigenvalue weighted by atomic mass is 9.98. The van der Waals surface area contributed by atoms with Crippen molar-refractivity contribution in [3.8, 4) is 0 Å². The van der Waals surface area contributed by atoms with Crippen molar-refractivity contribution >= 4 is 23.4 Å². The molecule has 78 valence electrons. The van der Waals surface area contributed by atoms with Crippen LogP contribution in [0.25, 0.3) is 0 Å². The van der Waals surface area contributed by atoms with Gasteiger partial charge in [0.1, 0.15) is 0 Å². The Balaban J connectivity index is 2.00. The topological polar surface area (TPSA) is 50.7 Å². The van der Waals surface area contributed by atoms with Crippen LogP contribution in [0.3, 0.4) is 0 Å². The van der Waals surface area contributed by atoms with Gasteiger partial charge in [0.2, 0.25) is 0 Å². The van der Waals surface area contributed by atoms with Crippen LogP contribution in [0.1, 0.15) is 19.3 Å². The van der Waals surface area contributed by atoms with Gasteiger partial charge in [-0.05, 0) is 25.2 Å². The quantitative estimate of drug-likeness (QED) is 0.412. The second-order valence-corrected chi connectivity index (χ2v) is 4.29. The van der Waals surface area contributed by atoms with E-state index in [2.05, 4.69) is 15.3 Å². The summed E-state index contributed by atoms with van der Waals surface area (Å²) in [6.45, 7) is 0. The lowest BCUT2D eigenvalue weighted by Gasteiger charge is -2.16. The molecule has 0 aromatic heterocycles. The summed E-state index contributed by atoms with van der Waals surface area (Å²) in [6.07, 6.45) is 2.87. The molecular weight excluding hydrogens is 204 g/mol. The van der Waals surface area contributed by atoms with Gasteiger partial charge in [-0.25, -0.2) is 4.79 Å². The summed E-state index contributed by atoms with van der Waals surface area (Å²) in [4.78, 5) is 15.4. The maximum atomic E-state index is 10.8. The van der Waals surface area contributed by atoms with Crippen molar-refractivity contribution in [1.82, 2.24) is 5.32 Å². The first-order valence-corrected chi connectivity index (χ1v) is 5.26. The third-order valence-electron chi connectivity index (χ3n) is 3.03. The normalized spacial score (nSPS) is 37.6. The summed E-state index contributed by atoms with van der Waals surface area (Å²) in [6, 6.07) is 0. The molecule has 0 spiro atoms. The Morgan fingerprint density at radius 1 is 1.64 bits per heavy atom. The van der Waals surface area contributed by atoms with Gasteiger partial charge in [0.05, 0.1) is 11.1 Å². The zero-order chi connectivity index (χ0) is 10.1. The average Bonchev–Trinajstić information content (AvgIpc) is 2.75. The van der Waals surface area contributed by atoms with Crippen molar-refractivity contribution < 1.29 is 9.63 Å². The molecule has 2 fully saturated rings. The Hall–Kier alpha value is -0.770. The molecule has 0 aromatic carbocycles. The second kappa shape index (κ2) is 3.77. The van der Waals surface area contributed by atoms with E-state index < -0.39 is 6.09 Å². The molecule has 0 saturated heterocycles. The minimum atomic E-state index is -0.538. The fraction of sp³-hybridized carbons (Fsp3) is 0.778. The highest BCUT2D eigenvalue weighted by molar-refractivity contribution is 6.33. The summed E-state index contributed by atoms with van der Waals surface area (Å²) in [5.74, 6) is 0.973. The lowest BCUT2D eigenvalue weighted by molar-refractivity contribution is 0.152. The minimum absolute atomic E-state index is 0.0293. The molecule has 4 nitrogen and oxygen atoms in total. The van der Waals surface area contributed by atoms with Crippen LogP contribution in [0.5, 0.6) is 0 Å². The number of carbonyl (C=O) groups is 1. The summed E-state index contributed by atoms with van der Waals surface area (Å²) in [7, 11) is 1.50. The molecule has 0 aromatic rings. The summed E-state index contributed by atoms with van der Waals surface area (Å²) in [5.41, 5.74) is 0.853. The molecule has 2 aliphatic rings. The number of amides is 1. The van der Waals surface area contributed by atoms with Crippen molar-refractivity contribution in [2.24, 2.45) is 17.0 Å². The Kier molecular flexibility index (Phi) is 2.63. The largest absolute Gasteiger partial charge is 0.433 e. The van der Waals surface area contributed by atoms with Gasteiger partial charge in [0.15, 0.2) is 0 Å². The number of alkyl halides is 1. The molecule has 14 heavy (non-hydrogen) atoms. The molecule has 0 radical (unpaired) electrons. The maximum Gasteiger partial charge on any atom is 0.433 e. The van der Waals surface area contributed by atoms with Crippen LogP contribution in [0.15, 0.2) is 5.16 Å². The van der Waals surface area contributed by atoms with Gasteiger partial charge in [-0.2, -0.15) is 0 Å². The molecule has 2 bridgehead atoms. The molecule has 2 aliphatic carbocycles. The highest BCUT2D eigenvalue weighted by Gasteiger charge is 2.44. The molecule has 2 saturated carbocycles. The van der Waals surface area contributed by atoms with E-state index in [-0.39, 0.29) is 5.38 Å². The summed E-state index contributed by atoms with van der Waals surface area (Å²) >= 11 is 6.16. The molecule has 3 atom stereocenters. The fourth-order valence-electron chi connectivity index (χ4n) is 2.28. The van der Waals surface area contributed by atoms with Crippen molar-refractivity contribution in [2.45, 2.75) is 24.6 Å². The second-order valence-electron chi connectivity index (χ2n) is 3.82. The first-order chi connectivity index (χ1) is 6.72. The Labute approximate surface area is 87.6 Å². The average molecular weight is 217 g/mol. The van der Waals surface area contributed by atoms with Crippen LogP contribution >= 0.6 is 11.6 Å². The Morgan fingerprint density at radius 3 is 3.00 bits per heavy atom. The highest BCUT2D eigenvalue weighted by atomic mass is 35.5. The van der Waals surface area contributed by atoms with Gasteiger partial charge in [0, 0.05) is 13.0 Å². The molecule has 0 heterocycles. The van der Waals surface area contributed by atoms with E-state index in [4.69, 9.17) is 11.6 Å². The molecule has 1 N–H and O–H groups in total. The van der Waals surface area contributed by atoms with Crippen LogP contribution in [-0.2, 0) is 4.84 Å². The number of hydrogen-bond acceptors (Lipinski definition) is 3. The van der Waals surface area contributed by atoms with E-state index >= 15 is 0 Å². The van der Waals surface area contributed by atoms with E-state index in [0.29, 0.717) is 11.8 Å². The SMILES string of the molecule is CNC(=O)O/N=C1\C2CCC(C2)C1Cl. The van der Waals surface area contributed by atoms with Crippen molar-refractivity contribution in [1.29, 1.82) is 0 Å². The van der Waals surface area contributed by atoms with Gasteiger partial charge in [-0.15, -0.1) is 11.6 Å². The number of nitrogens with one attached hydrogen (secondary N) is 1. The smallest absolute Gasteiger partial charge is 0.323 e. The van der Waals surface area contributed by atoms with E-state index in [1.807, 2.05) is 0 Å². The van der Waals surface area contributed by atoms with Crippen LogP contribution in [0.4, 0.5) is 4.79 Å². The monoisotopic (exact) mass is 216 g/mol. The van der Waals surface area contributed by atoms with Crippen LogP contribution < -0.4 is 5.32 Å². The number of oxime groups is 1. The Morgan fingerprint density at radius 2 is 2.43 bits per heavy atom. The number of halogens is 1. The Bertz CT molecular complexity index is 276. The van der Waals surface area contributed by atoms with E-state index in [9.17, 15) is 4.79 Å². The van der Waals surface area contributed by atoms with Crippen LogP contribution in [0.2, 0.25) is 0 Å². The maximum absolute atomic E-state index is 10.8. The van der Waals surface area contributed by atoms with E-state index in [1.54, 1.807) is 0 Å². The number of nitrogens with zero attached hydrogens (tertiary/aromatic N) is 1. The predicted molar refractivity (Wildman–Crippen MR) is 53.4 cm³/mol. The summed E-state index contributed by atoms with van der Waals surface area (Å²) in [5, 5.41) is 6.14. The number of fused-ring (bicyclic) bond motifs is 2. The van der Waals surface area contributed by atoms with Crippen molar-refractivity contribution in [3.05, 3.63) is 0 Å². The van der Waals surface area contributed by atoms with Crippen molar-refractivity contribution in [2.75, 3.05) is 7.05 Å².